The lowest BCUT2D eigenvalue weighted by molar-refractivity contribution is -0.135. The minimum absolute atomic E-state index is 0.233. The quantitative estimate of drug-likeness (QED) is 0.727. The van der Waals surface area contributed by atoms with Gasteiger partial charge in [-0.25, -0.2) is 0 Å². The highest BCUT2D eigenvalue weighted by molar-refractivity contribution is 5.76. The molecule has 5 heteroatoms. The van der Waals surface area contributed by atoms with Crippen LogP contribution in [0.1, 0.15) is 26.2 Å². The molecule has 1 aliphatic rings. The monoisotopic (exact) mass is 258 g/mol. The predicted molar refractivity (Wildman–Crippen MR) is 70.3 cm³/mol. The number of rotatable bonds is 7. The van der Waals surface area contributed by atoms with Crippen LogP contribution in [0, 0.1) is 5.92 Å². The first kappa shape index (κ1) is 15.4. The van der Waals surface area contributed by atoms with Crippen LogP contribution in [0.15, 0.2) is 0 Å². The molecule has 0 bridgehead atoms. The highest BCUT2D eigenvalue weighted by Gasteiger charge is 2.23. The lowest BCUT2D eigenvalue weighted by atomic mass is 10.0. The van der Waals surface area contributed by atoms with Crippen LogP contribution in [-0.2, 0) is 14.3 Å². The molecule has 0 spiro atoms. The zero-order valence-corrected chi connectivity index (χ0v) is 11.6. The van der Waals surface area contributed by atoms with Crippen molar-refractivity contribution in [1.29, 1.82) is 0 Å². The van der Waals surface area contributed by atoms with E-state index in [-0.39, 0.29) is 17.9 Å². The Kier molecular flexibility index (Phi) is 7.23. The molecule has 106 valence electrons. The molecule has 18 heavy (non-hydrogen) atoms. The molecule has 0 saturated carbocycles. The van der Waals surface area contributed by atoms with Crippen molar-refractivity contribution >= 4 is 5.91 Å². The van der Waals surface area contributed by atoms with Crippen molar-refractivity contribution in [3.05, 3.63) is 0 Å². The number of carbonyl (C=O) groups excluding carboxylic acids is 1. The zero-order valence-electron chi connectivity index (χ0n) is 11.6. The Hall–Kier alpha value is -0.650. The van der Waals surface area contributed by atoms with E-state index in [0.717, 1.165) is 25.9 Å². The third kappa shape index (κ3) is 5.33. The third-order valence-corrected chi connectivity index (χ3v) is 3.24. The van der Waals surface area contributed by atoms with Crippen LogP contribution in [0.4, 0.5) is 0 Å². The van der Waals surface area contributed by atoms with Crippen LogP contribution in [0.5, 0.6) is 0 Å². The molecule has 0 aromatic heterocycles. The highest BCUT2D eigenvalue weighted by Crippen LogP contribution is 2.16. The van der Waals surface area contributed by atoms with Gasteiger partial charge in [-0.3, -0.25) is 4.79 Å². The van der Waals surface area contributed by atoms with Crippen molar-refractivity contribution in [3.63, 3.8) is 0 Å². The van der Waals surface area contributed by atoms with Crippen molar-refractivity contribution in [3.8, 4) is 0 Å². The van der Waals surface area contributed by atoms with Crippen LogP contribution < -0.4 is 5.73 Å². The van der Waals surface area contributed by atoms with Crippen molar-refractivity contribution in [1.82, 2.24) is 4.90 Å². The Balaban J connectivity index is 2.23. The summed E-state index contributed by atoms with van der Waals surface area (Å²) in [4.78, 5) is 14.0. The summed E-state index contributed by atoms with van der Waals surface area (Å²) in [5, 5.41) is 0. The van der Waals surface area contributed by atoms with E-state index < -0.39 is 0 Å². The summed E-state index contributed by atoms with van der Waals surface area (Å²) >= 11 is 0. The fraction of sp³-hybridized carbons (Fsp3) is 0.923. The maximum absolute atomic E-state index is 12.0. The van der Waals surface area contributed by atoms with Crippen molar-refractivity contribution in [2.75, 3.05) is 40.0 Å². The number of ether oxygens (including phenoxy) is 2. The second-order valence-electron chi connectivity index (χ2n) is 5.00. The van der Waals surface area contributed by atoms with Gasteiger partial charge >= 0.3 is 0 Å². The molecule has 1 rings (SSSR count). The molecule has 1 atom stereocenters. The lowest BCUT2D eigenvalue weighted by Gasteiger charge is -2.32. The third-order valence-electron chi connectivity index (χ3n) is 3.24. The number of nitrogens with zero attached hydrogens (tertiary/aromatic N) is 1. The van der Waals surface area contributed by atoms with Crippen LogP contribution in [0.3, 0.4) is 0 Å². The number of hydrogen-bond acceptors (Lipinski definition) is 4. The number of nitrogens with two attached hydrogens (primary N) is 1. The SMILES string of the molecule is COCC(C)CC(=O)N1CCC(OCCN)CC1. The summed E-state index contributed by atoms with van der Waals surface area (Å²) in [6, 6.07) is 0. The Labute approximate surface area is 110 Å². The highest BCUT2D eigenvalue weighted by atomic mass is 16.5. The molecular formula is C13H26N2O3. The van der Waals surface area contributed by atoms with E-state index in [1.165, 1.54) is 0 Å². The van der Waals surface area contributed by atoms with E-state index in [9.17, 15) is 4.79 Å². The van der Waals surface area contributed by atoms with E-state index in [4.69, 9.17) is 15.2 Å². The molecule has 1 fully saturated rings. The molecule has 5 nitrogen and oxygen atoms in total. The maximum Gasteiger partial charge on any atom is 0.222 e. The van der Waals surface area contributed by atoms with Crippen molar-refractivity contribution in [2.24, 2.45) is 11.7 Å². The van der Waals surface area contributed by atoms with Gasteiger partial charge in [0.2, 0.25) is 5.91 Å². The number of piperidine rings is 1. The van der Waals surface area contributed by atoms with Gasteiger partial charge in [0.25, 0.3) is 0 Å². The molecule has 2 N–H and O–H groups in total. The lowest BCUT2D eigenvalue weighted by Crippen LogP contribution is -2.41. The van der Waals surface area contributed by atoms with E-state index in [2.05, 4.69) is 0 Å². The first-order valence-corrected chi connectivity index (χ1v) is 6.75. The van der Waals surface area contributed by atoms with Crippen LogP contribution in [-0.4, -0.2) is 56.9 Å². The molecule has 0 aromatic rings. The second kappa shape index (κ2) is 8.45. The van der Waals surface area contributed by atoms with Gasteiger partial charge in [-0.1, -0.05) is 6.92 Å². The van der Waals surface area contributed by atoms with Gasteiger partial charge in [-0.15, -0.1) is 0 Å². The molecular weight excluding hydrogens is 232 g/mol. The smallest absolute Gasteiger partial charge is 0.222 e. The summed E-state index contributed by atoms with van der Waals surface area (Å²) in [7, 11) is 1.67. The van der Waals surface area contributed by atoms with Gasteiger partial charge < -0.3 is 20.1 Å². The summed E-state index contributed by atoms with van der Waals surface area (Å²) in [5.74, 6) is 0.519. The van der Waals surface area contributed by atoms with Gasteiger partial charge in [0.05, 0.1) is 12.7 Å². The van der Waals surface area contributed by atoms with Crippen LogP contribution in [0.2, 0.25) is 0 Å². The van der Waals surface area contributed by atoms with E-state index in [1.807, 2.05) is 11.8 Å². The molecule has 0 radical (unpaired) electrons. The van der Waals surface area contributed by atoms with Crippen molar-refractivity contribution < 1.29 is 14.3 Å². The Bertz CT molecular complexity index is 240. The van der Waals surface area contributed by atoms with Gasteiger partial charge in [0.15, 0.2) is 0 Å². The number of methoxy groups -OCH3 is 1. The Morgan fingerprint density at radius 2 is 2.11 bits per heavy atom. The van der Waals surface area contributed by atoms with Gasteiger partial charge in [0.1, 0.15) is 0 Å². The van der Waals surface area contributed by atoms with Crippen molar-refractivity contribution in [2.45, 2.75) is 32.3 Å². The largest absolute Gasteiger partial charge is 0.384 e. The first-order valence-electron chi connectivity index (χ1n) is 6.75. The molecule has 1 unspecified atom stereocenters. The number of amides is 1. The molecule has 1 amide bonds. The Morgan fingerprint density at radius 1 is 1.44 bits per heavy atom. The fourth-order valence-corrected chi connectivity index (χ4v) is 2.28. The minimum Gasteiger partial charge on any atom is -0.384 e. The summed E-state index contributed by atoms with van der Waals surface area (Å²) in [6.45, 7) is 5.46. The average molecular weight is 258 g/mol. The predicted octanol–water partition coefficient (Wildman–Crippen LogP) is 0.625. The number of likely N-dealkylation sites (tertiary alicyclic amines) is 1. The van der Waals surface area contributed by atoms with E-state index in [0.29, 0.717) is 26.2 Å². The topological polar surface area (TPSA) is 64.8 Å². The van der Waals surface area contributed by atoms with Crippen LogP contribution >= 0.6 is 0 Å². The van der Waals surface area contributed by atoms with Gasteiger partial charge in [-0.2, -0.15) is 0 Å². The maximum atomic E-state index is 12.0. The summed E-state index contributed by atoms with van der Waals surface area (Å²) in [5.41, 5.74) is 5.40. The van der Waals surface area contributed by atoms with E-state index in [1.54, 1.807) is 7.11 Å². The number of hydrogen-bond donors (Lipinski definition) is 1. The second-order valence-corrected chi connectivity index (χ2v) is 5.00. The summed E-state index contributed by atoms with van der Waals surface area (Å²) in [6.07, 6.45) is 2.69. The van der Waals surface area contributed by atoms with Gasteiger partial charge in [-0.05, 0) is 18.8 Å². The molecule has 1 heterocycles. The first-order chi connectivity index (χ1) is 8.67. The van der Waals surface area contributed by atoms with Gasteiger partial charge in [0, 0.05) is 39.8 Å². The normalized spacial score (nSPS) is 18.9. The average Bonchev–Trinajstić information content (AvgIpc) is 2.37. The minimum atomic E-state index is 0.233. The van der Waals surface area contributed by atoms with E-state index >= 15 is 0 Å². The standard InChI is InChI=1S/C13H26N2O3/c1-11(10-17-2)9-13(16)15-6-3-12(4-7-15)18-8-5-14/h11-12H,3-10,14H2,1-2H3. The Morgan fingerprint density at radius 3 is 2.67 bits per heavy atom. The zero-order chi connectivity index (χ0) is 13.4. The van der Waals surface area contributed by atoms with Crippen LogP contribution in [0.25, 0.3) is 0 Å². The molecule has 0 aromatic carbocycles. The molecule has 0 aliphatic carbocycles. The molecule has 1 saturated heterocycles. The summed E-state index contributed by atoms with van der Waals surface area (Å²) < 4.78 is 10.6. The number of carbonyl (C=O) groups is 1. The molecule has 1 aliphatic heterocycles. The fourth-order valence-electron chi connectivity index (χ4n) is 2.28.